The van der Waals surface area contributed by atoms with Crippen LogP contribution in [0.4, 0.5) is 5.13 Å². The van der Waals surface area contributed by atoms with Gasteiger partial charge < -0.3 is 0 Å². The Morgan fingerprint density at radius 3 is 2.47 bits per heavy atom. The molecule has 8 heteroatoms. The van der Waals surface area contributed by atoms with E-state index in [0.717, 1.165) is 28.1 Å². The molecule has 0 spiro atoms. The second-order valence-corrected chi connectivity index (χ2v) is 8.41. The molecule has 0 saturated carbocycles. The van der Waals surface area contributed by atoms with Crippen LogP contribution < -0.4 is 5.32 Å². The molecule has 0 aliphatic carbocycles. The van der Waals surface area contributed by atoms with E-state index in [9.17, 15) is 4.79 Å². The number of nitrogens with zero attached hydrogens (tertiary/aromatic N) is 5. The molecule has 34 heavy (non-hydrogen) atoms. The number of pyridine rings is 1. The average molecular weight is 465 g/mol. The second kappa shape index (κ2) is 10.0. The number of rotatable bonds is 7. The van der Waals surface area contributed by atoms with E-state index >= 15 is 0 Å². The molecule has 0 radical (unpaired) electrons. The van der Waals surface area contributed by atoms with Gasteiger partial charge in [-0.15, -0.1) is 10.2 Å². The summed E-state index contributed by atoms with van der Waals surface area (Å²) in [4.78, 5) is 16.8. The van der Waals surface area contributed by atoms with E-state index in [4.69, 9.17) is 5.10 Å². The molecule has 0 saturated heterocycles. The summed E-state index contributed by atoms with van der Waals surface area (Å²) in [6.45, 7) is 0.641. The Labute approximate surface area is 200 Å². The van der Waals surface area contributed by atoms with Crippen molar-refractivity contribution < 1.29 is 4.79 Å². The molecule has 0 unspecified atom stereocenters. The largest absolute Gasteiger partial charge is 0.297 e. The number of carbonyl (C=O) groups excluding carboxylic acids is 1. The fraction of sp³-hybridized carbons (Fsp3) is 0.0385. The molecule has 0 aliphatic heterocycles. The summed E-state index contributed by atoms with van der Waals surface area (Å²) in [6.07, 6.45) is 6.90. The summed E-state index contributed by atoms with van der Waals surface area (Å²) in [6, 6.07) is 25.6. The van der Waals surface area contributed by atoms with Gasteiger partial charge >= 0.3 is 0 Å². The molecule has 1 amide bonds. The quantitative estimate of drug-likeness (QED) is 0.336. The Hall–Kier alpha value is -4.43. The monoisotopic (exact) mass is 464 g/mol. The van der Waals surface area contributed by atoms with Crippen LogP contribution in [0.25, 0.3) is 28.0 Å². The molecular weight excluding hydrogens is 444 g/mol. The molecule has 5 rings (SSSR count). The van der Waals surface area contributed by atoms with Crippen LogP contribution in [0.1, 0.15) is 11.1 Å². The van der Waals surface area contributed by atoms with Crippen molar-refractivity contribution in [2.24, 2.45) is 0 Å². The summed E-state index contributed by atoms with van der Waals surface area (Å²) >= 11 is 1.27. The number of nitrogens with one attached hydrogen (secondary N) is 1. The van der Waals surface area contributed by atoms with E-state index in [-0.39, 0.29) is 5.91 Å². The molecule has 166 valence electrons. The Balaban J connectivity index is 1.35. The standard InChI is InChI=1S/C26H20N6OS/c33-23(28-26-30-29-25(34-26)22-13-7-8-16-27-22)15-14-21-18-32(17-19-9-3-1-4-10-19)31-24(21)20-11-5-2-6-12-20/h1-16,18H,17H2,(H,28,30,33)/b15-14+. The number of anilines is 1. The van der Waals surface area contributed by atoms with E-state index in [2.05, 4.69) is 32.6 Å². The highest BCUT2D eigenvalue weighted by Crippen LogP contribution is 2.25. The maximum absolute atomic E-state index is 12.6. The summed E-state index contributed by atoms with van der Waals surface area (Å²) in [5.41, 5.74) is 4.52. The van der Waals surface area contributed by atoms with Crippen molar-refractivity contribution in [3.8, 4) is 22.0 Å². The Morgan fingerprint density at radius 1 is 0.941 bits per heavy atom. The van der Waals surface area contributed by atoms with Gasteiger partial charge in [0.1, 0.15) is 5.69 Å². The van der Waals surface area contributed by atoms with Crippen LogP contribution in [0, 0.1) is 0 Å². The maximum atomic E-state index is 12.6. The number of hydrogen-bond donors (Lipinski definition) is 1. The van der Waals surface area contributed by atoms with Gasteiger partial charge in [0.2, 0.25) is 11.0 Å². The SMILES string of the molecule is O=C(/C=C/c1cn(Cc2ccccc2)nc1-c1ccccc1)Nc1nnc(-c2ccccn2)s1. The highest BCUT2D eigenvalue weighted by atomic mass is 32.1. The third kappa shape index (κ3) is 5.13. The number of hydrogen-bond acceptors (Lipinski definition) is 6. The first kappa shape index (κ1) is 21.4. The number of benzene rings is 2. The highest BCUT2D eigenvalue weighted by molar-refractivity contribution is 7.18. The molecule has 7 nitrogen and oxygen atoms in total. The molecule has 2 aromatic carbocycles. The van der Waals surface area contributed by atoms with Crippen LogP contribution in [0.2, 0.25) is 0 Å². The van der Waals surface area contributed by atoms with Crippen LogP contribution in [0.3, 0.4) is 0 Å². The Bertz CT molecular complexity index is 1410. The normalized spacial score (nSPS) is 11.1. The van der Waals surface area contributed by atoms with Crippen molar-refractivity contribution >= 4 is 28.5 Å². The van der Waals surface area contributed by atoms with E-state index in [1.807, 2.05) is 77.6 Å². The fourth-order valence-corrected chi connectivity index (χ4v) is 4.13. The van der Waals surface area contributed by atoms with Crippen LogP contribution in [0.5, 0.6) is 0 Å². The van der Waals surface area contributed by atoms with Gasteiger partial charge in [-0.1, -0.05) is 78.1 Å². The van der Waals surface area contributed by atoms with E-state index in [1.165, 1.54) is 17.4 Å². The minimum atomic E-state index is -0.293. The lowest BCUT2D eigenvalue weighted by Crippen LogP contribution is -2.07. The van der Waals surface area contributed by atoms with Crippen LogP contribution >= 0.6 is 11.3 Å². The van der Waals surface area contributed by atoms with E-state index in [0.29, 0.717) is 16.7 Å². The van der Waals surface area contributed by atoms with Gasteiger partial charge in [0.25, 0.3) is 0 Å². The van der Waals surface area contributed by atoms with Crippen LogP contribution in [-0.4, -0.2) is 30.9 Å². The van der Waals surface area contributed by atoms with E-state index < -0.39 is 0 Å². The zero-order valence-electron chi connectivity index (χ0n) is 18.1. The van der Waals surface area contributed by atoms with Crippen molar-refractivity contribution in [1.29, 1.82) is 0 Å². The Morgan fingerprint density at radius 2 is 1.71 bits per heavy atom. The van der Waals surface area contributed by atoms with Crippen molar-refractivity contribution in [2.45, 2.75) is 6.54 Å². The molecular formula is C26H20N6OS. The number of amides is 1. The summed E-state index contributed by atoms with van der Waals surface area (Å²) in [7, 11) is 0. The first-order valence-corrected chi connectivity index (χ1v) is 11.5. The summed E-state index contributed by atoms with van der Waals surface area (Å²) in [5.74, 6) is -0.293. The minimum absolute atomic E-state index is 0.293. The van der Waals surface area contributed by atoms with Crippen LogP contribution in [-0.2, 0) is 11.3 Å². The lowest BCUT2D eigenvalue weighted by Gasteiger charge is -2.01. The van der Waals surface area contributed by atoms with Gasteiger partial charge in [0.05, 0.1) is 12.2 Å². The zero-order chi connectivity index (χ0) is 23.2. The predicted octanol–water partition coefficient (Wildman–Crippen LogP) is 5.16. The highest BCUT2D eigenvalue weighted by Gasteiger charge is 2.12. The molecule has 3 aromatic heterocycles. The molecule has 0 atom stereocenters. The molecule has 0 aliphatic rings. The van der Waals surface area contributed by atoms with Gasteiger partial charge in [-0.2, -0.15) is 5.10 Å². The second-order valence-electron chi connectivity index (χ2n) is 7.43. The first-order valence-electron chi connectivity index (χ1n) is 10.7. The van der Waals surface area contributed by atoms with E-state index in [1.54, 1.807) is 12.3 Å². The molecule has 0 bridgehead atoms. The summed E-state index contributed by atoms with van der Waals surface area (Å²) in [5, 5.41) is 16.8. The van der Waals surface area contributed by atoms with Gasteiger partial charge in [-0.3, -0.25) is 19.8 Å². The third-order valence-electron chi connectivity index (χ3n) is 4.98. The molecule has 0 fully saturated rings. The molecule has 3 heterocycles. The van der Waals surface area contributed by atoms with Crippen LogP contribution in [0.15, 0.2) is 97.3 Å². The van der Waals surface area contributed by atoms with Gasteiger partial charge in [0.15, 0.2) is 5.01 Å². The zero-order valence-corrected chi connectivity index (χ0v) is 18.9. The van der Waals surface area contributed by atoms with Gasteiger partial charge in [-0.25, -0.2) is 0 Å². The number of aromatic nitrogens is 5. The van der Waals surface area contributed by atoms with Gasteiger partial charge in [-0.05, 0) is 23.8 Å². The van der Waals surface area contributed by atoms with Gasteiger partial charge in [0, 0.05) is 29.6 Å². The maximum Gasteiger partial charge on any atom is 0.250 e. The lowest BCUT2D eigenvalue weighted by molar-refractivity contribution is -0.111. The lowest BCUT2D eigenvalue weighted by atomic mass is 10.1. The third-order valence-corrected chi connectivity index (χ3v) is 5.84. The minimum Gasteiger partial charge on any atom is -0.297 e. The van der Waals surface area contributed by atoms with Crippen molar-refractivity contribution in [3.05, 3.63) is 108 Å². The Kier molecular flexibility index (Phi) is 6.31. The fourth-order valence-electron chi connectivity index (χ4n) is 3.41. The molecule has 5 aromatic rings. The molecule has 1 N–H and O–H groups in total. The predicted molar refractivity (Wildman–Crippen MR) is 134 cm³/mol. The smallest absolute Gasteiger partial charge is 0.250 e. The summed E-state index contributed by atoms with van der Waals surface area (Å²) < 4.78 is 1.89. The number of carbonyl (C=O) groups is 1. The average Bonchev–Trinajstić information content (AvgIpc) is 3.51. The topological polar surface area (TPSA) is 85.6 Å². The first-order chi connectivity index (χ1) is 16.7. The van der Waals surface area contributed by atoms with Crippen molar-refractivity contribution in [1.82, 2.24) is 25.0 Å². The van der Waals surface area contributed by atoms with Crippen molar-refractivity contribution in [3.63, 3.8) is 0 Å². The van der Waals surface area contributed by atoms with Crippen molar-refractivity contribution in [2.75, 3.05) is 5.32 Å².